The smallest absolute Gasteiger partial charge is 0.406 e. The zero-order chi connectivity index (χ0) is 16.5. The highest BCUT2D eigenvalue weighted by molar-refractivity contribution is 5.94. The molecule has 126 valence electrons. The highest BCUT2D eigenvalue weighted by atomic mass is 19.4. The number of piperidine rings is 1. The molecule has 1 N–H and O–H groups in total. The van der Waals surface area contributed by atoms with E-state index in [-0.39, 0.29) is 11.7 Å². The van der Waals surface area contributed by atoms with Gasteiger partial charge in [0.15, 0.2) is 0 Å². The van der Waals surface area contributed by atoms with Gasteiger partial charge in [0.25, 0.3) is 5.91 Å². The molecule has 2 aliphatic rings. The molecule has 2 saturated heterocycles. The lowest BCUT2D eigenvalue weighted by molar-refractivity contribution is -0.274. The Bertz CT molecular complexity index is 556. The van der Waals surface area contributed by atoms with Gasteiger partial charge in [-0.1, -0.05) is 0 Å². The Labute approximate surface area is 132 Å². The van der Waals surface area contributed by atoms with E-state index in [1.54, 1.807) is 4.90 Å². The first-order valence-corrected chi connectivity index (χ1v) is 7.73. The van der Waals surface area contributed by atoms with Crippen LogP contribution in [0.2, 0.25) is 0 Å². The van der Waals surface area contributed by atoms with Gasteiger partial charge >= 0.3 is 6.36 Å². The third-order valence-corrected chi connectivity index (χ3v) is 4.78. The molecule has 23 heavy (non-hydrogen) atoms. The van der Waals surface area contributed by atoms with Gasteiger partial charge in [-0.3, -0.25) is 4.79 Å². The van der Waals surface area contributed by atoms with Crippen LogP contribution in [0.5, 0.6) is 5.75 Å². The van der Waals surface area contributed by atoms with Crippen molar-refractivity contribution in [1.82, 2.24) is 10.2 Å². The Hall–Kier alpha value is -1.76. The zero-order valence-corrected chi connectivity index (χ0v) is 12.7. The molecule has 4 nitrogen and oxygen atoms in total. The molecule has 0 atom stereocenters. The fraction of sp³-hybridized carbons (Fsp3) is 0.562. The number of likely N-dealkylation sites (tertiary alicyclic amines) is 1. The molecule has 0 saturated carbocycles. The van der Waals surface area contributed by atoms with Crippen LogP contribution in [0.25, 0.3) is 0 Å². The lowest BCUT2D eigenvalue weighted by Gasteiger charge is -2.38. The standard InChI is InChI=1S/C16H19F3N2O2/c17-16(18,19)23-13-3-1-12(2-4-13)14(22)21-9-6-15(7-10-21)5-8-20-11-15/h1-4,20H,5-11H2. The first-order chi connectivity index (χ1) is 10.9. The summed E-state index contributed by atoms with van der Waals surface area (Å²) >= 11 is 0. The maximum absolute atomic E-state index is 12.4. The van der Waals surface area contributed by atoms with Gasteiger partial charge in [0, 0.05) is 25.2 Å². The summed E-state index contributed by atoms with van der Waals surface area (Å²) < 4.78 is 40.2. The third-order valence-electron chi connectivity index (χ3n) is 4.78. The van der Waals surface area contributed by atoms with Gasteiger partial charge in [0.2, 0.25) is 0 Å². The van der Waals surface area contributed by atoms with E-state index >= 15 is 0 Å². The molecular formula is C16H19F3N2O2. The van der Waals surface area contributed by atoms with E-state index < -0.39 is 6.36 Å². The van der Waals surface area contributed by atoms with E-state index in [0.717, 1.165) is 32.4 Å². The average molecular weight is 328 g/mol. The maximum atomic E-state index is 12.4. The normalized spacial score (nSPS) is 20.7. The molecule has 0 unspecified atom stereocenters. The third kappa shape index (κ3) is 3.77. The number of hydrogen-bond donors (Lipinski definition) is 1. The number of carbonyl (C=O) groups is 1. The molecule has 7 heteroatoms. The van der Waals surface area contributed by atoms with Gasteiger partial charge in [0.1, 0.15) is 5.75 Å². The van der Waals surface area contributed by atoms with E-state index in [1.807, 2.05) is 0 Å². The summed E-state index contributed by atoms with van der Waals surface area (Å²) in [6.45, 7) is 3.44. The predicted molar refractivity (Wildman–Crippen MR) is 78.2 cm³/mol. The second kappa shape index (κ2) is 6.03. The van der Waals surface area contributed by atoms with Crippen molar-refractivity contribution < 1.29 is 22.7 Å². The minimum absolute atomic E-state index is 0.135. The quantitative estimate of drug-likeness (QED) is 0.908. The molecule has 3 rings (SSSR count). The van der Waals surface area contributed by atoms with E-state index in [0.29, 0.717) is 24.1 Å². The van der Waals surface area contributed by atoms with E-state index in [2.05, 4.69) is 10.1 Å². The summed E-state index contributed by atoms with van der Waals surface area (Å²) in [4.78, 5) is 14.2. The summed E-state index contributed by atoms with van der Waals surface area (Å²) in [7, 11) is 0. The van der Waals surface area contributed by atoms with Gasteiger partial charge in [-0.05, 0) is 55.5 Å². The zero-order valence-electron chi connectivity index (χ0n) is 12.7. The number of ether oxygens (including phenoxy) is 1. The SMILES string of the molecule is O=C(c1ccc(OC(F)(F)F)cc1)N1CCC2(CCNC2)CC1. The van der Waals surface area contributed by atoms with Crippen molar-refractivity contribution in [2.45, 2.75) is 25.6 Å². The number of benzene rings is 1. The highest BCUT2D eigenvalue weighted by Crippen LogP contribution is 2.37. The van der Waals surface area contributed by atoms with Crippen LogP contribution in [-0.2, 0) is 0 Å². The molecule has 1 spiro atoms. The lowest BCUT2D eigenvalue weighted by atomic mass is 9.78. The Balaban J connectivity index is 1.60. The van der Waals surface area contributed by atoms with Crippen molar-refractivity contribution in [3.63, 3.8) is 0 Å². The van der Waals surface area contributed by atoms with Gasteiger partial charge < -0.3 is 15.0 Å². The summed E-state index contributed by atoms with van der Waals surface area (Å²) in [6.07, 6.45) is -1.62. The Kier molecular flexibility index (Phi) is 4.23. The second-order valence-electron chi connectivity index (χ2n) is 6.29. The summed E-state index contributed by atoms with van der Waals surface area (Å²) in [5, 5.41) is 3.37. The van der Waals surface area contributed by atoms with Gasteiger partial charge in [-0.2, -0.15) is 0 Å². The summed E-state index contributed by atoms with van der Waals surface area (Å²) in [6, 6.07) is 5.11. The van der Waals surface area contributed by atoms with Crippen molar-refractivity contribution >= 4 is 5.91 Å². The number of hydrogen-bond acceptors (Lipinski definition) is 3. The molecule has 2 heterocycles. The van der Waals surface area contributed by atoms with Crippen LogP contribution >= 0.6 is 0 Å². The monoisotopic (exact) mass is 328 g/mol. The van der Waals surface area contributed by atoms with Crippen LogP contribution in [0.1, 0.15) is 29.6 Å². The number of amides is 1. The highest BCUT2D eigenvalue weighted by Gasteiger charge is 2.38. The number of nitrogens with one attached hydrogen (secondary N) is 1. The fourth-order valence-corrected chi connectivity index (χ4v) is 3.39. The minimum atomic E-state index is -4.72. The fourth-order valence-electron chi connectivity index (χ4n) is 3.39. The predicted octanol–water partition coefficient (Wildman–Crippen LogP) is 2.80. The Morgan fingerprint density at radius 3 is 2.30 bits per heavy atom. The Morgan fingerprint density at radius 1 is 1.13 bits per heavy atom. The van der Waals surface area contributed by atoms with Gasteiger partial charge in [-0.25, -0.2) is 0 Å². The summed E-state index contributed by atoms with van der Waals surface area (Å²) in [5.74, 6) is -0.451. The number of nitrogens with zero attached hydrogens (tertiary/aromatic N) is 1. The maximum Gasteiger partial charge on any atom is 0.573 e. The molecule has 1 aromatic rings. The molecular weight excluding hydrogens is 309 g/mol. The van der Waals surface area contributed by atoms with Crippen molar-refractivity contribution in [1.29, 1.82) is 0 Å². The number of rotatable bonds is 2. The van der Waals surface area contributed by atoms with Crippen molar-refractivity contribution in [3.8, 4) is 5.75 Å². The molecule has 0 aromatic heterocycles. The molecule has 2 fully saturated rings. The summed E-state index contributed by atoms with van der Waals surface area (Å²) in [5.41, 5.74) is 0.710. The van der Waals surface area contributed by atoms with E-state index in [1.165, 1.54) is 24.3 Å². The lowest BCUT2D eigenvalue weighted by Crippen LogP contribution is -2.44. The largest absolute Gasteiger partial charge is 0.573 e. The molecule has 2 aliphatic heterocycles. The first kappa shape index (κ1) is 16.1. The van der Waals surface area contributed by atoms with Crippen molar-refractivity contribution in [3.05, 3.63) is 29.8 Å². The number of carbonyl (C=O) groups excluding carboxylic acids is 1. The van der Waals surface area contributed by atoms with Crippen LogP contribution < -0.4 is 10.1 Å². The number of halogens is 3. The van der Waals surface area contributed by atoms with Crippen LogP contribution in [0.3, 0.4) is 0 Å². The second-order valence-corrected chi connectivity index (χ2v) is 6.29. The van der Waals surface area contributed by atoms with Crippen LogP contribution in [0, 0.1) is 5.41 Å². The van der Waals surface area contributed by atoms with E-state index in [9.17, 15) is 18.0 Å². The minimum Gasteiger partial charge on any atom is -0.406 e. The Morgan fingerprint density at radius 2 is 1.78 bits per heavy atom. The topological polar surface area (TPSA) is 41.6 Å². The van der Waals surface area contributed by atoms with Gasteiger partial charge in [0.05, 0.1) is 0 Å². The van der Waals surface area contributed by atoms with Crippen LogP contribution in [0.15, 0.2) is 24.3 Å². The van der Waals surface area contributed by atoms with Crippen molar-refractivity contribution in [2.75, 3.05) is 26.2 Å². The average Bonchev–Trinajstić information content (AvgIpc) is 2.95. The molecule has 0 radical (unpaired) electrons. The molecule has 1 amide bonds. The molecule has 0 bridgehead atoms. The molecule has 1 aromatic carbocycles. The van der Waals surface area contributed by atoms with Gasteiger partial charge in [-0.15, -0.1) is 13.2 Å². The number of alkyl halides is 3. The first-order valence-electron chi connectivity index (χ1n) is 7.73. The van der Waals surface area contributed by atoms with Crippen molar-refractivity contribution in [2.24, 2.45) is 5.41 Å². The van der Waals surface area contributed by atoms with Crippen LogP contribution in [0.4, 0.5) is 13.2 Å². The van der Waals surface area contributed by atoms with E-state index in [4.69, 9.17) is 0 Å². The molecule has 0 aliphatic carbocycles. The van der Waals surface area contributed by atoms with Crippen LogP contribution in [-0.4, -0.2) is 43.3 Å².